The Hall–Kier alpha value is -2.07. The van der Waals surface area contributed by atoms with Crippen molar-refractivity contribution in [3.8, 4) is 0 Å². The van der Waals surface area contributed by atoms with Gasteiger partial charge < -0.3 is 14.2 Å². The van der Waals surface area contributed by atoms with Crippen LogP contribution in [0.15, 0.2) is 58.9 Å². The SMILES string of the molecule is CCC1=C2C=CCC/C2=C2\C=CC=CC2OC(C(=O)OC)O1. The van der Waals surface area contributed by atoms with Crippen molar-refractivity contribution in [3.63, 3.8) is 0 Å². The summed E-state index contributed by atoms with van der Waals surface area (Å²) < 4.78 is 16.5. The Morgan fingerprint density at radius 2 is 2.23 bits per heavy atom. The number of carbonyl (C=O) groups excluding carboxylic acids is 1. The zero-order valence-electron chi connectivity index (χ0n) is 12.9. The molecule has 0 N–H and O–H groups in total. The predicted octanol–water partition coefficient (Wildman–Crippen LogP) is 3.34. The molecule has 22 heavy (non-hydrogen) atoms. The van der Waals surface area contributed by atoms with Crippen LogP contribution in [0.2, 0.25) is 0 Å². The van der Waals surface area contributed by atoms with Crippen molar-refractivity contribution in [2.75, 3.05) is 7.11 Å². The number of rotatable bonds is 2. The highest BCUT2D eigenvalue weighted by molar-refractivity contribution is 5.73. The molecule has 3 aliphatic rings. The maximum Gasteiger partial charge on any atom is 0.376 e. The number of carbonyl (C=O) groups is 1. The third kappa shape index (κ3) is 2.66. The Kier molecular flexibility index (Phi) is 4.29. The zero-order valence-corrected chi connectivity index (χ0v) is 12.9. The quantitative estimate of drug-likeness (QED) is 0.734. The van der Waals surface area contributed by atoms with E-state index >= 15 is 0 Å². The number of allylic oxidation sites excluding steroid dienone is 7. The second-order valence-electron chi connectivity index (χ2n) is 5.34. The molecule has 0 aromatic rings. The van der Waals surface area contributed by atoms with Crippen LogP contribution in [0.1, 0.15) is 26.2 Å². The van der Waals surface area contributed by atoms with E-state index in [0.717, 1.165) is 29.7 Å². The van der Waals surface area contributed by atoms with E-state index in [0.29, 0.717) is 6.42 Å². The topological polar surface area (TPSA) is 44.8 Å². The average molecular weight is 300 g/mol. The molecular weight excluding hydrogens is 280 g/mol. The fraction of sp³-hybridized carbons (Fsp3) is 0.389. The van der Waals surface area contributed by atoms with Crippen molar-refractivity contribution >= 4 is 5.97 Å². The highest BCUT2D eigenvalue weighted by Gasteiger charge is 2.32. The van der Waals surface area contributed by atoms with Crippen LogP contribution in [-0.4, -0.2) is 25.5 Å². The first-order valence-electron chi connectivity index (χ1n) is 7.62. The molecule has 116 valence electrons. The van der Waals surface area contributed by atoms with Gasteiger partial charge in [0.15, 0.2) is 0 Å². The molecule has 1 heterocycles. The van der Waals surface area contributed by atoms with E-state index in [1.807, 2.05) is 25.2 Å². The minimum absolute atomic E-state index is 0.288. The molecule has 0 spiro atoms. The van der Waals surface area contributed by atoms with Crippen LogP contribution in [0.3, 0.4) is 0 Å². The Bertz CT molecular complexity index is 619. The summed E-state index contributed by atoms with van der Waals surface area (Å²) >= 11 is 0. The minimum Gasteiger partial charge on any atom is -0.464 e. The summed E-state index contributed by atoms with van der Waals surface area (Å²) in [5, 5.41) is 0. The van der Waals surface area contributed by atoms with Gasteiger partial charge in [0.2, 0.25) is 0 Å². The summed E-state index contributed by atoms with van der Waals surface area (Å²) in [6.45, 7) is 2.01. The summed E-state index contributed by atoms with van der Waals surface area (Å²) in [5.41, 5.74) is 3.42. The third-order valence-electron chi connectivity index (χ3n) is 4.03. The summed E-state index contributed by atoms with van der Waals surface area (Å²) in [5.74, 6) is 0.257. The van der Waals surface area contributed by atoms with Crippen LogP contribution >= 0.6 is 0 Å². The smallest absolute Gasteiger partial charge is 0.376 e. The Balaban J connectivity index is 2.12. The van der Waals surface area contributed by atoms with Crippen molar-refractivity contribution in [2.45, 2.75) is 38.6 Å². The van der Waals surface area contributed by atoms with E-state index in [4.69, 9.17) is 14.2 Å². The first-order valence-corrected chi connectivity index (χ1v) is 7.62. The zero-order chi connectivity index (χ0) is 15.5. The number of hydrogen-bond donors (Lipinski definition) is 0. The van der Waals surface area contributed by atoms with Gasteiger partial charge in [-0.05, 0) is 24.0 Å². The lowest BCUT2D eigenvalue weighted by Gasteiger charge is -2.31. The second kappa shape index (κ2) is 6.36. The highest BCUT2D eigenvalue weighted by atomic mass is 16.7. The lowest BCUT2D eigenvalue weighted by Crippen LogP contribution is -2.35. The number of esters is 1. The summed E-state index contributed by atoms with van der Waals surface area (Å²) in [4.78, 5) is 12.0. The van der Waals surface area contributed by atoms with Gasteiger partial charge in [0, 0.05) is 12.0 Å². The van der Waals surface area contributed by atoms with Gasteiger partial charge in [-0.15, -0.1) is 0 Å². The molecule has 1 aliphatic heterocycles. The molecule has 0 radical (unpaired) electrons. The number of methoxy groups -OCH3 is 1. The van der Waals surface area contributed by atoms with Gasteiger partial charge in [-0.3, -0.25) is 0 Å². The summed E-state index contributed by atoms with van der Waals surface area (Å²) in [7, 11) is 1.34. The van der Waals surface area contributed by atoms with E-state index in [1.54, 1.807) is 0 Å². The number of hydrogen-bond acceptors (Lipinski definition) is 4. The van der Waals surface area contributed by atoms with Crippen molar-refractivity contribution in [1.29, 1.82) is 0 Å². The lowest BCUT2D eigenvalue weighted by atomic mass is 9.86. The van der Waals surface area contributed by atoms with Crippen molar-refractivity contribution < 1.29 is 19.0 Å². The predicted molar refractivity (Wildman–Crippen MR) is 82.8 cm³/mol. The molecule has 0 aromatic heterocycles. The molecule has 0 bridgehead atoms. The monoisotopic (exact) mass is 300 g/mol. The van der Waals surface area contributed by atoms with E-state index in [2.05, 4.69) is 18.2 Å². The molecule has 0 aromatic carbocycles. The molecule has 0 amide bonds. The van der Waals surface area contributed by atoms with Crippen LogP contribution in [0.25, 0.3) is 0 Å². The molecule has 0 saturated heterocycles. The van der Waals surface area contributed by atoms with E-state index in [9.17, 15) is 4.79 Å². The molecule has 0 fully saturated rings. The number of ether oxygens (including phenoxy) is 3. The molecule has 2 aliphatic carbocycles. The largest absolute Gasteiger partial charge is 0.464 e. The fourth-order valence-electron chi connectivity index (χ4n) is 2.97. The molecule has 2 atom stereocenters. The molecule has 0 saturated carbocycles. The second-order valence-corrected chi connectivity index (χ2v) is 5.34. The van der Waals surface area contributed by atoms with E-state index in [1.165, 1.54) is 12.7 Å². The van der Waals surface area contributed by atoms with Gasteiger partial charge in [-0.1, -0.05) is 43.4 Å². The van der Waals surface area contributed by atoms with Crippen LogP contribution in [0.5, 0.6) is 0 Å². The number of fused-ring (bicyclic) bond motifs is 2. The van der Waals surface area contributed by atoms with Crippen molar-refractivity contribution in [1.82, 2.24) is 0 Å². The summed E-state index contributed by atoms with van der Waals surface area (Å²) in [6.07, 6.45) is 13.5. The Labute approximate surface area is 130 Å². The highest BCUT2D eigenvalue weighted by Crippen LogP contribution is 2.36. The van der Waals surface area contributed by atoms with Crippen LogP contribution in [0, 0.1) is 0 Å². The molecule has 4 heteroatoms. The first kappa shape index (κ1) is 14.9. The average Bonchev–Trinajstić information content (AvgIpc) is 2.56. The van der Waals surface area contributed by atoms with Gasteiger partial charge in [-0.2, -0.15) is 0 Å². The Morgan fingerprint density at radius 1 is 1.36 bits per heavy atom. The van der Waals surface area contributed by atoms with Gasteiger partial charge in [0.1, 0.15) is 11.9 Å². The standard InChI is InChI=1S/C18H20O4/c1-3-15-13-9-5-4-8-12(13)14-10-6-7-11-16(14)22-18(21-15)17(19)20-2/h5-7,9-11,16,18H,3-4,8H2,1-2H3/b14-12-,15-13?. The molecular formula is C18H20O4. The third-order valence-corrected chi connectivity index (χ3v) is 4.03. The molecule has 4 nitrogen and oxygen atoms in total. The van der Waals surface area contributed by atoms with Crippen LogP contribution in [-0.2, 0) is 19.0 Å². The maximum absolute atomic E-state index is 12.0. The van der Waals surface area contributed by atoms with Gasteiger partial charge >= 0.3 is 5.97 Å². The van der Waals surface area contributed by atoms with Gasteiger partial charge in [0.25, 0.3) is 6.29 Å². The normalized spacial score (nSPS) is 30.1. The van der Waals surface area contributed by atoms with Crippen molar-refractivity contribution in [2.24, 2.45) is 0 Å². The van der Waals surface area contributed by atoms with Crippen LogP contribution in [0.4, 0.5) is 0 Å². The molecule has 3 rings (SSSR count). The van der Waals surface area contributed by atoms with Gasteiger partial charge in [-0.25, -0.2) is 4.79 Å². The maximum atomic E-state index is 12.0. The van der Waals surface area contributed by atoms with E-state index in [-0.39, 0.29) is 6.10 Å². The van der Waals surface area contributed by atoms with Gasteiger partial charge in [0.05, 0.1) is 7.11 Å². The van der Waals surface area contributed by atoms with E-state index < -0.39 is 12.3 Å². The van der Waals surface area contributed by atoms with Crippen LogP contribution < -0.4 is 0 Å². The molecule has 2 unspecified atom stereocenters. The Morgan fingerprint density at radius 3 is 3.00 bits per heavy atom. The first-order chi connectivity index (χ1) is 10.7. The fourth-order valence-corrected chi connectivity index (χ4v) is 2.97. The summed E-state index contributed by atoms with van der Waals surface area (Å²) in [6, 6.07) is 0. The minimum atomic E-state index is -1.04. The lowest BCUT2D eigenvalue weighted by molar-refractivity contribution is -0.188. The van der Waals surface area contributed by atoms with Crippen molar-refractivity contribution in [3.05, 3.63) is 58.9 Å².